The van der Waals surface area contributed by atoms with Crippen molar-refractivity contribution < 1.29 is 14.0 Å². The third-order valence-electron chi connectivity index (χ3n) is 3.61. The first kappa shape index (κ1) is 13.3. The molecule has 3 rings (SSSR count). The Morgan fingerprint density at radius 3 is 2.62 bits per heavy atom. The van der Waals surface area contributed by atoms with Gasteiger partial charge < -0.3 is 5.73 Å². The van der Waals surface area contributed by atoms with Crippen molar-refractivity contribution in [2.45, 2.75) is 13.0 Å². The predicted octanol–water partition coefficient (Wildman–Crippen LogP) is 2.13. The third-order valence-corrected chi connectivity index (χ3v) is 3.61. The molecular weight excluding hydrogens is 271 g/mol. The zero-order valence-electron chi connectivity index (χ0n) is 11.2. The summed E-state index contributed by atoms with van der Waals surface area (Å²) in [5.41, 5.74) is 7.31. The average Bonchev–Trinajstić information content (AvgIpc) is 2.46. The van der Waals surface area contributed by atoms with Gasteiger partial charge in [-0.1, -0.05) is 24.3 Å². The lowest BCUT2D eigenvalue weighted by molar-refractivity contribution is -0.128. The van der Waals surface area contributed by atoms with E-state index < -0.39 is 11.7 Å². The third kappa shape index (κ3) is 2.27. The van der Waals surface area contributed by atoms with E-state index in [4.69, 9.17) is 5.73 Å². The highest BCUT2D eigenvalue weighted by Gasteiger charge is 2.31. The Kier molecular flexibility index (Phi) is 3.17. The molecule has 21 heavy (non-hydrogen) atoms. The summed E-state index contributed by atoms with van der Waals surface area (Å²) in [6.45, 7) is -0.148. The molecule has 0 saturated heterocycles. The molecule has 1 aliphatic heterocycles. The monoisotopic (exact) mass is 284 g/mol. The van der Waals surface area contributed by atoms with E-state index in [1.165, 1.54) is 12.1 Å². The van der Waals surface area contributed by atoms with Crippen LogP contribution in [0.2, 0.25) is 0 Å². The molecule has 5 heteroatoms. The SMILES string of the molecule is Nc1cccc(F)c1CN1C(=O)Cc2ccccc2C1=O. The predicted molar refractivity (Wildman–Crippen MR) is 75.8 cm³/mol. The molecule has 0 unspecified atom stereocenters. The molecule has 0 aliphatic carbocycles. The number of nitrogens with zero attached hydrogens (tertiary/aromatic N) is 1. The molecule has 2 aromatic carbocycles. The van der Waals surface area contributed by atoms with Gasteiger partial charge in [0.05, 0.1) is 13.0 Å². The van der Waals surface area contributed by atoms with Crippen LogP contribution in [0, 0.1) is 5.82 Å². The number of nitrogens with two attached hydrogens (primary N) is 1. The number of nitrogen functional groups attached to an aromatic ring is 1. The molecule has 0 radical (unpaired) electrons. The molecule has 0 saturated carbocycles. The smallest absolute Gasteiger partial charge is 0.261 e. The summed E-state index contributed by atoms with van der Waals surface area (Å²) >= 11 is 0. The highest BCUT2D eigenvalue weighted by molar-refractivity contribution is 6.09. The van der Waals surface area contributed by atoms with E-state index in [1.54, 1.807) is 30.3 Å². The van der Waals surface area contributed by atoms with Crippen LogP contribution < -0.4 is 5.73 Å². The number of halogens is 1. The van der Waals surface area contributed by atoms with Gasteiger partial charge in [0.25, 0.3) is 5.91 Å². The van der Waals surface area contributed by atoms with E-state index in [2.05, 4.69) is 0 Å². The number of rotatable bonds is 2. The molecule has 0 bridgehead atoms. The molecule has 1 aliphatic rings. The second-order valence-corrected chi connectivity index (χ2v) is 4.93. The Hall–Kier alpha value is -2.69. The lowest BCUT2D eigenvalue weighted by Crippen LogP contribution is -2.42. The van der Waals surface area contributed by atoms with Crippen LogP contribution in [0.4, 0.5) is 10.1 Å². The maximum Gasteiger partial charge on any atom is 0.261 e. The standard InChI is InChI=1S/C16H13FN2O2/c17-13-6-3-7-14(18)12(13)9-19-15(20)8-10-4-1-2-5-11(10)16(19)21/h1-7H,8-9,18H2. The van der Waals surface area contributed by atoms with E-state index in [0.717, 1.165) is 4.90 Å². The van der Waals surface area contributed by atoms with Crippen molar-refractivity contribution in [3.63, 3.8) is 0 Å². The Morgan fingerprint density at radius 1 is 1.10 bits per heavy atom. The van der Waals surface area contributed by atoms with E-state index in [0.29, 0.717) is 11.1 Å². The maximum atomic E-state index is 13.8. The van der Waals surface area contributed by atoms with Gasteiger partial charge in [0, 0.05) is 16.8 Å². The van der Waals surface area contributed by atoms with Crippen LogP contribution in [-0.4, -0.2) is 16.7 Å². The minimum Gasteiger partial charge on any atom is -0.398 e. The largest absolute Gasteiger partial charge is 0.398 e. The van der Waals surface area contributed by atoms with Crippen LogP contribution in [0.5, 0.6) is 0 Å². The van der Waals surface area contributed by atoms with Gasteiger partial charge >= 0.3 is 0 Å². The van der Waals surface area contributed by atoms with E-state index in [1.807, 2.05) is 0 Å². The van der Waals surface area contributed by atoms with E-state index >= 15 is 0 Å². The number of hydrogen-bond acceptors (Lipinski definition) is 3. The van der Waals surface area contributed by atoms with Gasteiger partial charge in [-0.05, 0) is 23.8 Å². The number of carbonyl (C=O) groups is 2. The van der Waals surface area contributed by atoms with Crippen molar-refractivity contribution in [3.8, 4) is 0 Å². The first-order valence-corrected chi connectivity index (χ1v) is 6.53. The van der Waals surface area contributed by atoms with Crippen LogP contribution in [0.25, 0.3) is 0 Å². The molecule has 1 heterocycles. The minimum absolute atomic E-state index is 0.135. The lowest BCUT2D eigenvalue weighted by Gasteiger charge is -2.27. The number of benzene rings is 2. The molecule has 0 aromatic heterocycles. The quantitative estimate of drug-likeness (QED) is 0.678. The van der Waals surface area contributed by atoms with Crippen molar-refractivity contribution >= 4 is 17.5 Å². The Labute approximate surface area is 121 Å². The summed E-state index contributed by atoms with van der Waals surface area (Å²) in [7, 11) is 0. The maximum absolute atomic E-state index is 13.8. The molecule has 0 spiro atoms. The topological polar surface area (TPSA) is 63.4 Å². The number of imide groups is 1. The van der Waals surface area contributed by atoms with Gasteiger partial charge in [0.15, 0.2) is 0 Å². The number of fused-ring (bicyclic) bond motifs is 1. The zero-order valence-corrected chi connectivity index (χ0v) is 11.2. The van der Waals surface area contributed by atoms with Gasteiger partial charge in [-0.15, -0.1) is 0 Å². The van der Waals surface area contributed by atoms with Crippen LogP contribution in [0.15, 0.2) is 42.5 Å². The number of hydrogen-bond donors (Lipinski definition) is 1. The fraction of sp³-hybridized carbons (Fsp3) is 0.125. The first-order chi connectivity index (χ1) is 10.1. The van der Waals surface area contributed by atoms with Crippen LogP contribution in [-0.2, 0) is 17.8 Å². The Bertz CT molecular complexity index is 723. The van der Waals surface area contributed by atoms with Crippen LogP contribution in [0.1, 0.15) is 21.5 Å². The van der Waals surface area contributed by atoms with Crippen molar-refractivity contribution in [2.75, 3.05) is 5.73 Å². The molecule has 0 fully saturated rings. The molecular formula is C16H13FN2O2. The summed E-state index contributed by atoms with van der Waals surface area (Å²) in [4.78, 5) is 25.6. The van der Waals surface area contributed by atoms with Gasteiger partial charge in [-0.25, -0.2) is 4.39 Å². The average molecular weight is 284 g/mol. The summed E-state index contributed by atoms with van der Waals surface area (Å²) in [6.07, 6.45) is 0.135. The van der Waals surface area contributed by atoms with Gasteiger partial charge in [-0.2, -0.15) is 0 Å². The normalized spacial score (nSPS) is 14.2. The fourth-order valence-corrected chi connectivity index (χ4v) is 2.46. The van der Waals surface area contributed by atoms with E-state index in [9.17, 15) is 14.0 Å². The molecule has 2 aromatic rings. The van der Waals surface area contributed by atoms with Crippen molar-refractivity contribution in [2.24, 2.45) is 0 Å². The minimum atomic E-state index is -0.519. The summed E-state index contributed by atoms with van der Waals surface area (Å²) in [6, 6.07) is 11.2. The highest BCUT2D eigenvalue weighted by Crippen LogP contribution is 2.24. The fourth-order valence-electron chi connectivity index (χ4n) is 2.46. The zero-order chi connectivity index (χ0) is 15.0. The molecule has 4 nitrogen and oxygen atoms in total. The Morgan fingerprint density at radius 2 is 1.86 bits per heavy atom. The number of anilines is 1. The number of amides is 2. The molecule has 0 atom stereocenters. The van der Waals surface area contributed by atoms with Crippen LogP contribution >= 0.6 is 0 Å². The summed E-state index contributed by atoms with van der Waals surface area (Å²) < 4.78 is 13.8. The van der Waals surface area contributed by atoms with Gasteiger partial charge in [0.2, 0.25) is 5.91 Å². The summed E-state index contributed by atoms with van der Waals surface area (Å²) in [5.74, 6) is -1.28. The highest BCUT2D eigenvalue weighted by atomic mass is 19.1. The molecule has 2 amide bonds. The number of carbonyl (C=O) groups excluding carboxylic acids is 2. The second kappa shape index (κ2) is 5.01. The lowest BCUT2D eigenvalue weighted by atomic mass is 9.98. The Balaban J connectivity index is 1.97. The van der Waals surface area contributed by atoms with Gasteiger partial charge in [-0.3, -0.25) is 14.5 Å². The van der Waals surface area contributed by atoms with Gasteiger partial charge in [0.1, 0.15) is 5.82 Å². The van der Waals surface area contributed by atoms with Crippen molar-refractivity contribution in [1.29, 1.82) is 0 Å². The van der Waals surface area contributed by atoms with Crippen molar-refractivity contribution in [1.82, 2.24) is 4.90 Å². The first-order valence-electron chi connectivity index (χ1n) is 6.53. The summed E-state index contributed by atoms with van der Waals surface area (Å²) in [5, 5.41) is 0. The van der Waals surface area contributed by atoms with E-state index in [-0.39, 0.29) is 30.1 Å². The van der Waals surface area contributed by atoms with Crippen molar-refractivity contribution in [3.05, 3.63) is 65.0 Å². The second-order valence-electron chi connectivity index (χ2n) is 4.93. The van der Waals surface area contributed by atoms with Crippen LogP contribution in [0.3, 0.4) is 0 Å². The molecule has 2 N–H and O–H groups in total. The molecule has 106 valence electrons.